The van der Waals surface area contributed by atoms with Crippen molar-refractivity contribution in [3.05, 3.63) is 34.6 Å². The van der Waals surface area contributed by atoms with Crippen molar-refractivity contribution in [3.63, 3.8) is 0 Å². The number of carbonyl (C=O) groups is 2. The largest absolute Gasteiger partial charge is 0.378 e. The van der Waals surface area contributed by atoms with Crippen LogP contribution in [0.2, 0.25) is 5.02 Å². The molecule has 0 unspecified atom stereocenters. The van der Waals surface area contributed by atoms with Gasteiger partial charge in [-0.15, -0.1) is 10.2 Å². The monoisotopic (exact) mass is 437 g/mol. The zero-order valence-electron chi connectivity index (χ0n) is 16.5. The maximum absolute atomic E-state index is 12.3. The van der Waals surface area contributed by atoms with E-state index in [0.29, 0.717) is 60.2 Å². The molecule has 156 valence electrons. The van der Waals surface area contributed by atoms with Crippen LogP contribution in [0.15, 0.2) is 23.4 Å². The summed E-state index contributed by atoms with van der Waals surface area (Å²) in [5.41, 5.74) is 1.63. The first kappa shape index (κ1) is 21.6. The third kappa shape index (κ3) is 5.94. The fourth-order valence-corrected chi connectivity index (χ4v) is 3.85. The molecule has 0 aliphatic carbocycles. The molecule has 29 heavy (non-hydrogen) atoms. The molecule has 2 aromatic rings. The molecule has 0 saturated carbocycles. The van der Waals surface area contributed by atoms with Gasteiger partial charge in [0, 0.05) is 43.7 Å². The van der Waals surface area contributed by atoms with E-state index in [4.69, 9.17) is 16.3 Å². The van der Waals surface area contributed by atoms with E-state index < -0.39 is 0 Å². The van der Waals surface area contributed by atoms with Crippen LogP contribution < -0.4 is 5.32 Å². The zero-order valence-corrected chi connectivity index (χ0v) is 18.1. The summed E-state index contributed by atoms with van der Waals surface area (Å²) < 4.78 is 7.09. The van der Waals surface area contributed by atoms with E-state index in [1.165, 1.54) is 11.8 Å². The van der Waals surface area contributed by atoms with E-state index in [1.54, 1.807) is 11.0 Å². The lowest BCUT2D eigenvalue weighted by Crippen LogP contribution is -2.41. The van der Waals surface area contributed by atoms with Crippen molar-refractivity contribution in [1.29, 1.82) is 0 Å². The minimum atomic E-state index is -0.121. The summed E-state index contributed by atoms with van der Waals surface area (Å²) in [6.45, 7) is 4.34. The van der Waals surface area contributed by atoms with Gasteiger partial charge in [0.2, 0.25) is 11.8 Å². The molecule has 3 rings (SSSR count). The number of hydrogen-bond acceptors (Lipinski definition) is 6. The molecule has 10 heteroatoms. The molecule has 2 heterocycles. The van der Waals surface area contributed by atoms with E-state index in [2.05, 4.69) is 15.5 Å². The molecule has 8 nitrogen and oxygen atoms in total. The maximum Gasteiger partial charge on any atom is 0.233 e. The minimum Gasteiger partial charge on any atom is -0.378 e. The lowest BCUT2D eigenvalue weighted by atomic mass is 10.2. The Morgan fingerprint density at radius 1 is 1.28 bits per heavy atom. The number of benzene rings is 1. The molecule has 0 radical (unpaired) electrons. The Bertz CT molecular complexity index is 883. The molecule has 2 amide bonds. The predicted octanol–water partition coefficient (Wildman–Crippen LogP) is 2.30. The number of carbonyl (C=O) groups excluding carboxylic acids is 2. The topological polar surface area (TPSA) is 89.3 Å². The smallest absolute Gasteiger partial charge is 0.233 e. The number of morpholine rings is 1. The number of hydrogen-bond donors (Lipinski definition) is 1. The van der Waals surface area contributed by atoms with Gasteiger partial charge >= 0.3 is 0 Å². The Kier molecular flexibility index (Phi) is 7.51. The third-order valence-corrected chi connectivity index (χ3v) is 6.06. The van der Waals surface area contributed by atoms with Gasteiger partial charge in [-0.1, -0.05) is 29.4 Å². The second-order valence-corrected chi connectivity index (χ2v) is 8.10. The SMILES string of the molecule is Cc1ccc(NC(=O)CCc2nnc(SCC(=O)N3CCOCC3)n2C)cc1Cl. The number of nitrogens with zero attached hydrogens (tertiary/aromatic N) is 4. The standard InChI is InChI=1S/C19H24ClN5O3S/c1-13-3-4-14(11-15(13)20)21-17(26)6-5-16-22-23-19(24(16)2)29-12-18(27)25-7-9-28-10-8-25/h3-4,11H,5-10,12H2,1-2H3,(H,21,26). The molecular formula is C19H24ClN5O3S. The zero-order chi connectivity index (χ0) is 20.8. The molecule has 1 N–H and O–H groups in total. The number of halogens is 1. The molecule has 0 bridgehead atoms. The van der Waals surface area contributed by atoms with Crippen LogP contribution in [-0.2, 0) is 27.8 Å². The highest BCUT2D eigenvalue weighted by molar-refractivity contribution is 7.99. The van der Waals surface area contributed by atoms with E-state index in [9.17, 15) is 9.59 Å². The summed E-state index contributed by atoms with van der Waals surface area (Å²) in [4.78, 5) is 26.3. The average Bonchev–Trinajstić information content (AvgIpc) is 3.07. The molecule has 1 aromatic carbocycles. The van der Waals surface area contributed by atoms with Crippen LogP contribution in [0.1, 0.15) is 17.8 Å². The van der Waals surface area contributed by atoms with Gasteiger partial charge in [0.1, 0.15) is 5.82 Å². The summed E-state index contributed by atoms with van der Waals surface area (Å²) in [7, 11) is 1.84. The van der Waals surface area contributed by atoms with Gasteiger partial charge in [0.25, 0.3) is 0 Å². The first-order chi connectivity index (χ1) is 13.9. The molecule has 1 saturated heterocycles. The molecular weight excluding hydrogens is 414 g/mol. The highest BCUT2D eigenvalue weighted by atomic mass is 35.5. The van der Waals surface area contributed by atoms with Crippen LogP contribution in [-0.4, -0.2) is 63.5 Å². The van der Waals surface area contributed by atoms with Gasteiger partial charge in [-0.2, -0.15) is 0 Å². The maximum atomic E-state index is 12.3. The number of rotatable bonds is 7. The highest BCUT2D eigenvalue weighted by Crippen LogP contribution is 2.20. The first-order valence-corrected chi connectivity index (χ1v) is 10.7. The van der Waals surface area contributed by atoms with E-state index >= 15 is 0 Å². The normalized spacial score (nSPS) is 14.1. The number of anilines is 1. The Morgan fingerprint density at radius 3 is 2.76 bits per heavy atom. The first-order valence-electron chi connectivity index (χ1n) is 9.36. The highest BCUT2D eigenvalue weighted by Gasteiger charge is 2.18. The number of amides is 2. The lowest BCUT2D eigenvalue weighted by Gasteiger charge is -2.26. The molecule has 0 atom stereocenters. The van der Waals surface area contributed by atoms with Crippen LogP contribution in [0, 0.1) is 6.92 Å². The second-order valence-electron chi connectivity index (χ2n) is 6.75. The van der Waals surface area contributed by atoms with Crippen molar-refractivity contribution >= 4 is 40.9 Å². The molecule has 1 aliphatic heterocycles. The molecule has 1 aromatic heterocycles. The van der Waals surface area contributed by atoms with Crippen LogP contribution in [0.4, 0.5) is 5.69 Å². The van der Waals surface area contributed by atoms with Crippen molar-refractivity contribution in [2.45, 2.75) is 24.9 Å². The van der Waals surface area contributed by atoms with Crippen LogP contribution >= 0.6 is 23.4 Å². The van der Waals surface area contributed by atoms with Gasteiger partial charge in [0.05, 0.1) is 19.0 Å². The number of aryl methyl sites for hydroxylation is 2. The van der Waals surface area contributed by atoms with Gasteiger partial charge in [-0.25, -0.2) is 0 Å². The summed E-state index contributed by atoms with van der Waals surface area (Å²) in [5, 5.41) is 12.4. The number of ether oxygens (including phenoxy) is 1. The fraction of sp³-hybridized carbons (Fsp3) is 0.474. The van der Waals surface area contributed by atoms with E-state index in [1.807, 2.05) is 30.7 Å². The second kappa shape index (κ2) is 10.1. The fourth-order valence-electron chi connectivity index (χ4n) is 2.84. The average molecular weight is 438 g/mol. The number of nitrogens with one attached hydrogen (secondary N) is 1. The Balaban J connectivity index is 1.48. The quantitative estimate of drug-likeness (QED) is 0.668. The molecule has 1 fully saturated rings. The van der Waals surface area contributed by atoms with Crippen molar-refractivity contribution in [3.8, 4) is 0 Å². The minimum absolute atomic E-state index is 0.0685. The van der Waals surface area contributed by atoms with Crippen LogP contribution in [0.3, 0.4) is 0 Å². The van der Waals surface area contributed by atoms with Gasteiger partial charge < -0.3 is 19.5 Å². The van der Waals surface area contributed by atoms with Gasteiger partial charge in [0.15, 0.2) is 5.16 Å². The van der Waals surface area contributed by atoms with Crippen molar-refractivity contribution in [1.82, 2.24) is 19.7 Å². The summed E-state index contributed by atoms with van der Waals surface area (Å²) in [6.07, 6.45) is 0.724. The van der Waals surface area contributed by atoms with Crippen LogP contribution in [0.5, 0.6) is 0 Å². The summed E-state index contributed by atoms with van der Waals surface area (Å²) in [6, 6.07) is 5.42. The number of aromatic nitrogens is 3. The predicted molar refractivity (Wildman–Crippen MR) is 112 cm³/mol. The van der Waals surface area contributed by atoms with Crippen molar-refractivity contribution in [2.75, 3.05) is 37.4 Å². The summed E-state index contributed by atoms with van der Waals surface area (Å²) in [5.74, 6) is 0.952. The Hall–Kier alpha value is -2.10. The van der Waals surface area contributed by atoms with Crippen LogP contribution in [0.25, 0.3) is 0 Å². The van der Waals surface area contributed by atoms with Gasteiger partial charge in [-0.3, -0.25) is 9.59 Å². The third-order valence-electron chi connectivity index (χ3n) is 4.64. The Labute approximate surface area is 178 Å². The lowest BCUT2D eigenvalue weighted by molar-refractivity contribution is -0.132. The Morgan fingerprint density at radius 2 is 2.03 bits per heavy atom. The molecule has 1 aliphatic rings. The van der Waals surface area contributed by atoms with Gasteiger partial charge in [-0.05, 0) is 24.6 Å². The summed E-state index contributed by atoms with van der Waals surface area (Å²) >= 11 is 7.44. The van der Waals surface area contributed by atoms with E-state index in [-0.39, 0.29) is 18.2 Å². The van der Waals surface area contributed by atoms with E-state index in [0.717, 1.165) is 5.56 Å². The van der Waals surface area contributed by atoms with Crippen molar-refractivity contribution < 1.29 is 14.3 Å². The van der Waals surface area contributed by atoms with Crippen molar-refractivity contribution in [2.24, 2.45) is 7.05 Å². The molecule has 0 spiro atoms. The number of thioether (sulfide) groups is 1.